The molecule has 2 aromatic rings. The summed E-state index contributed by atoms with van der Waals surface area (Å²) >= 11 is 12.5. The van der Waals surface area contributed by atoms with Crippen LogP contribution in [-0.4, -0.2) is 25.4 Å². The highest BCUT2D eigenvalue weighted by Crippen LogP contribution is 2.34. The first-order valence-electron chi connectivity index (χ1n) is 8.20. The lowest BCUT2D eigenvalue weighted by Gasteiger charge is -2.15. The van der Waals surface area contributed by atoms with Crippen molar-refractivity contribution in [3.05, 3.63) is 57.6 Å². The van der Waals surface area contributed by atoms with Gasteiger partial charge in [0, 0.05) is 34.8 Å². The third-order valence-electron chi connectivity index (χ3n) is 3.75. The van der Waals surface area contributed by atoms with Crippen molar-refractivity contribution in [2.45, 2.75) is 26.0 Å². The van der Waals surface area contributed by atoms with Crippen LogP contribution in [0, 0.1) is 0 Å². The fourth-order valence-corrected chi connectivity index (χ4v) is 2.75. The van der Waals surface area contributed by atoms with Crippen molar-refractivity contribution in [3.63, 3.8) is 0 Å². The summed E-state index contributed by atoms with van der Waals surface area (Å²) in [6.45, 7) is 2.01. The first kappa shape index (κ1) is 19.9. The lowest BCUT2D eigenvalue weighted by atomic mass is 10.2. The Hall–Kier alpha value is -1.46. The number of unbranched alkanes of at least 4 members (excludes halogenated alkanes) is 1. The number of rotatable bonds is 10. The van der Waals surface area contributed by atoms with Crippen LogP contribution in [0.5, 0.6) is 11.5 Å². The maximum absolute atomic E-state index is 8.79. The van der Waals surface area contributed by atoms with Crippen molar-refractivity contribution in [3.8, 4) is 11.5 Å². The molecule has 0 aliphatic rings. The van der Waals surface area contributed by atoms with Crippen LogP contribution in [0.3, 0.4) is 0 Å². The predicted molar refractivity (Wildman–Crippen MR) is 102 cm³/mol. The Morgan fingerprint density at radius 1 is 1.00 bits per heavy atom. The molecule has 0 aliphatic carbocycles. The van der Waals surface area contributed by atoms with E-state index in [-0.39, 0.29) is 6.61 Å². The van der Waals surface area contributed by atoms with Gasteiger partial charge < -0.3 is 19.9 Å². The molecule has 25 heavy (non-hydrogen) atoms. The van der Waals surface area contributed by atoms with Crippen LogP contribution < -0.4 is 14.8 Å². The lowest BCUT2D eigenvalue weighted by Crippen LogP contribution is -2.15. The molecule has 2 aromatic carbocycles. The third kappa shape index (κ3) is 6.08. The van der Waals surface area contributed by atoms with Gasteiger partial charge in [-0.25, -0.2) is 0 Å². The summed E-state index contributed by atoms with van der Waals surface area (Å²) in [5.41, 5.74) is 1.84. The summed E-state index contributed by atoms with van der Waals surface area (Å²) in [5.74, 6) is 1.21. The first-order valence-corrected chi connectivity index (χ1v) is 8.95. The van der Waals surface area contributed by atoms with E-state index < -0.39 is 0 Å². The van der Waals surface area contributed by atoms with Crippen LogP contribution in [0.15, 0.2) is 36.4 Å². The van der Waals surface area contributed by atoms with Gasteiger partial charge in [-0.15, -0.1) is 0 Å². The van der Waals surface area contributed by atoms with Crippen LogP contribution in [0.2, 0.25) is 10.0 Å². The third-order valence-corrected chi connectivity index (χ3v) is 4.47. The maximum atomic E-state index is 8.79. The number of hydrogen-bond acceptors (Lipinski definition) is 4. The smallest absolute Gasteiger partial charge is 0.163 e. The minimum absolute atomic E-state index is 0.216. The van der Waals surface area contributed by atoms with Gasteiger partial charge in [0.05, 0.1) is 7.11 Å². The summed E-state index contributed by atoms with van der Waals surface area (Å²) in [5, 5.41) is 13.4. The number of halogens is 2. The second-order valence-electron chi connectivity index (χ2n) is 5.58. The minimum atomic E-state index is 0.216. The zero-order chi connectivity index (χ0) is 18.1. The summed E-state index contributed by atoms with van der Waals surface area (Å²) in [4.78, 5) is 0. The maximum Gasteiger partial charge on any atom is 0.163 e. The summed E-state index contributed by atoms with van der Waals surface area (Å²) in [6.07, 6.45) is 1.71. The topological polar surface area (TPSA) is 50.7 Å². The van der Waals surface area contributed by atoms with Gasteiger partial charge in [-0.1, -0.05) is 41.4 Å². The number of methoxy groups -OCH3 is 1. The molecule has 0 spiro atoms. The molecule has 0 saturated heterocycles. The number of aliphatic hydroxyl groups excluding tert-OH is 1. The first-order chi connectivity index (χ1) is 12.2. The molecule has 136 valence electrons. The van der Waals surface area contributed by atoms with Gasteiger partial charge in [0.15, 0.2) is 11.5 Å². The Morgan fingerprint density at radius 2 is 1.80 bits per heavy atom. The molecule has 0 amide bonds. The van der Waals surface area contributed by atoms with E-state index in [9.17, 15) is 0 Å². The standard InChI is InChI=1S/C19H23Cl2NO3/c1-24-18-10-15(12-22-8-4-5-9-23)17(21)11-19(18)25-13-14-6-2-3-7-16(14)20/h2-3,6-7,10-11,22-23H,4-5,8-9,12-13H2,1H3. The summed E-state index contributed by atoms with van der Waals surface area (Å²) < 4.78 is 11.3. The average Bonchev–Trinajstić information content (AvgIpc) is 2.62. The van der Waals surface area contributed by atoms with E-state index >= 15 is 0 Å². The average molecular weight is 384 g/mol. The molecule has 0 unspecified atom stereocenters. The quantitative estimate of drug-likeness (QED) is 0.595. The molecule has 0 aromatic heterocycles. The number of benzene rings is 2. The highest BCUT2D eigenvalue weighted by Gasteiger charge is 2.11. The molecule has 2 rings (SSSR count). The van der Waals surface area contributed by atoms with Crippen molar-refractivity contribution in [2.24, 2.45) is 0 Å². The normalized spacial score (nSPS) is 10.7. The van der Waals surface area contributed by atoms with E-state index in [1.54, 1.807) is 13.2 Å². The summed E-state index contributed by atoms with van der Waals surface area (Å²) in [6, 6.07) is 11.2. The second-order valence-corrected chi connectivity index (χ2v) is 6.40. The van der Waals surface area contributed by atoms with Gasteiger partial charge in [-0.2, -0.15) is 0 Å². The van der Waals surface area contributed by atoms with Crippen molar-refractivity contribution in [2.75, 3.05) is 20.3 Å². The van der Waals surface area contributed by atoms with E-state index in [1.165, 1.54) is 0 Å². The van der Waals surface area contributed by atoms with Crippen LogP contribution in [0.25, 0.3) is 0 Å². The fourth-order valence-electron chi connectivity index (χ4n) is 2.34. The molecule has 6 heteroatoms. The Morgan fingerprint density at radius 3 is 2.52 bits per heavy atom. The molecule has 0 fully saturated rings. The zero-order valence-electron chi connectivity index (χ0n) is 14.2. The predicted octanol–water partition coefficient (Wildman–Crippen LogP) is 4.44. The van der Waals surface area contributed by atoms with E-state index in [2.05, 4.69) is 5.32 Å². The highest BCUT2D eigenvalue weighted by atomic mass is 35.5. The van der Waals surface area contributed by atoms with Crippen LogP contribution in [-0.2, 0) is 13.2 Å². The van der Waals surface area contributed by atoms with Gasteiger partial charge in [0.1, 0.15) is 6.61 Å². The molecular weight excluding hydrogens is 361 g/mol. The number of hydrogen-bond donors (Lipinski definition) is 2. The monoisotopic (exact) mass is 383 g/mol. The Kier molecular flexibility index (Phi) is 8.35. The van der Waals surface area contributed by atoms with Crippen molar-refractivity contribution >= 4 is 23.2 Å². The summed E-state index contributed by atoms with van der Waals surface area (Å²) in [7, 11) is 1.60. The Labute approximate surface area is 158 Å². The van der Waals surface area contributed by atoms with Gasteiger partial charge >= 0.3 is 0 Å². The van der Waals surface area contributed by atoms with Crippen LogP contribution in [0.4, 0.5) is 0 Å². The van der Waals surface area contributed by atoms with E-state index in [4.69, 9.17) is 37.8 Å². The molecule has 0 saturated carbocycles. The Balaban J connectivity index is 2.01. The minimum Gasteiger partial charge on any atom is -0.493 e. The van der Waals surface area contributed by atoms with Gasteiger partial charge in [0.2, 0.25) is 0 Å². The van der Waals surface area contributed by atoms with Crippen molar-refractivity contribution < 1.29 is 14.6 Å². The fraction of sp³-hybridized carbons (Fsp3) is 0.368. The number of nitrogens with one attached hydrogen (secondary N) is 1. The molecule has 4 nitrogen and oxygen atoms in total. The van der Waals surface area contributed by atoms with Gasteiger partial charge in [-0.3, -0.25) is 0 Å². The molecular formula is C19H23Cl2NO3. The van der Waals surface area contributed by atoms with Gasteiger partial charge in [-0.05, 0) is 37.1 Å². The molecule has 0 bridgehead atoms. The Bertz CT molecular complexity index is 680. The number of ether oxygens (including phenoxy) is 2. The zero-order valence-corrected chi connectivity index (χ0v) is 15.7. The van der Waals surface area contributed by atoms with Crippen LogP contribution >= 0.6 is 23.2 Å². The van der Waals surface area contributed by atoms with Gasteiger partial charge in [0.25, 0.3) is 0 Å². The SMILES string of the molecule is COc1cc(CNCCCCO)c(Cl)cc1OCc1ccccc1Cl. The molecule has 0 aliphatic heterocycles. The van der Waals surface area contributed by atoms with E-state index in [1.807, 2.05) is 30.3 Å². The lowest BCUT2D eigenvalue weighted by molar-refractivity contribution is 0.283. The molecule has 2 N–H and O–H groups in total. The van der Waals surface area contributed by atoms with Crippen molar-refractivity contribution in [1.82, 2.24) is 5.32 Å². The van der Waals surface area contributed by atoms with Crippen molar-refractivity contribution in [1.29, 1.82) is 0 Å². The second kappa shape index (κ2) is 10.5. The molecule has 0 radical (unpaired) electrons. The van der Waals surface area contributed by atoms with E-state index in [0.717, 1.165) is 30.5 Å². The largest absolute Gasteiger partial charge is 0.493 e. The molecule has 0 atom stereocenters. The molecule has 0 heterocycles. The van der Waals surface area contributed by atoms with Crippen LogP contribution in [0.1, 0.15) is 24.0 Å². The number of aliphatic hydroxyl groups is 1. The van der Waals surface area contributed by atoms with E-state index in [0.29, 0.717) is 34.7 Å². The highest BCUT2D eigenvalue weighted by molar-refractivity contribution is 6.31.